The largest absolute Gasteiger partial charge is 0.493 e. The Kier molecular flexibility index (Phi) is 3.99. The Morgan fingerprint density at radius 2 is 2.33 bits per heavy atom. The Hall–Kier alpha value is -1.82. The van der Waals surface area contributed by atoms with Crippen LogP contribution in [-0.4, -0.2) is 22.7 Å². The lowest BCUT2D eigenvalue weighted by Crippen LogP contribution is -2.06. The number of aromatic nitrogens is 1. The number of ether oxygens (including phenoxy) is 1. The van der Waals surface area contributed by atoms with Crippen LogP contribution in [-0.2, 0) is 6.42 Å². The van der Waals surface area contributed by atoms with Gasteiger partial charge in [0.25, 0.3) is 0 Å². The van der Waals surface area contributed by atoms with Gasteiger partial charge < -0.3 is 14.3 Å². The Bertz CT molecular complexity index is 553. The summed E-state index contributed by atoms with van der Waals surface area (Å²) < 4.78 is 11.4. The zero-order valence-corrected chi connectivity index (χ0v) is 10.9. The van der Waals surface area contributed by atoms with Crippen LogP contribution < -0.4 is 4.74 Å². The quantitative estimate of drug-likeness (QED) is 0.919. The minimum Gasteiger partial charge on any atom is -0.493 e. The highest BCUT2D eigenvalue weighted by Crippen LogP contribution is 2.18. The SMILES string of the molecule is O=C(O)c1ncoc1CCOc1cccc(Br)c1. The highest BCUT2D eigenvalue weighted by Gasteiger charge is 2.14. The van der Waals surface area contributed by atoms with Gasteiger partial charge in [0.2, 0.25) is 0 Å². The standard InChI is InChI=1S/C12H10BrNO4/c13-8-2-1-3-9(6-8)17-5-4-10-11(12(15)16)14-7-18-10/h1-3,6-7H,4-5H2,(H,15,16). The van der Waals surface area contributed by atoms with Crippen LogP contribution in [0.25, 0.3) is 0 Å². The number of aromatic carboxylic acids is 1. The van der Waals surface area contributed by atoms with Crippen LogP contribution in [0.4, 0.5) is 0 Å². The molecule has 0 aliphatic rings. The minimum atomic E-state index is -1.10. The molecule has 0 unspecified atom stereocenters. The lowest BCUT2D eigenvalue weighted by molar-refractivity contribution is 0.0688. The number of rotatable bonds is 5. The van der Waals surface area contributed by atoms with Crippen molar-refractivity contribution in [2.75, 3.05) is 6.61 Å². The van der Waals surface area contributed by atoms with Gasteiger partial charge in [-0.05, 0) is 18.2 Å². The van der Waals surface area contributed by atoms with Crippen LogP contribution in [0.15, 0.2) is 39.5 Å². The average Bonchev–Trinajstić information content (AvgIpc) is 2.77. The second-order valence-corrected chi connectivity index (χ2v) is 4.40. The maximum Gasteiger partial charge on any atom is 0.358 e. The van der Waals surface area contributed by atoms with Crippen molar-refractivity contribution in [2.45, 2.75) is 6.42 Å². The zero-order chi connectivity index (χ0) is 13.0. The average molecular weight is 312 g/mol. The third-order valence-electron chi connectivity index (χ3n) is 2.24. The van der Waals surface area contributed by atoms with Gasteiger partial charge in [-0.25, -0.2) is 9.78 Å². The number of carboxylic acids is 1. The van der Waals surface area contributed by atoms with E-state index in [1.807, 2.05) is 24.3 Å². The first-order valence-electron chi connectivity index (χ1n) is 5.21. The summed E-state index contributed by atoms with van der Waals surface area (Å²) in [5.41, 5.74) is -0.0622. The van der Waals surface area contributed by atoms with Crippen molar-refractivity contribution in [3.05, 3.63) is 46.6 Å². The van der Waals surface area contributed by atoms with Gasteiger partial charge >= 0.3 is 5.97 Å². The first-order chi connectivity index (χ1) is 8.66. The van der Waals surface area contributed by atoms with E-state index in [0.29, 0.717) is 24.5 Å². The Morgan fingerprint density at radius 3 is 3.06 bits per heavy atom. The Morgan fingerprint density at radius 1 is 1.50 bits per heavy atom. The predicted molar refractivity (Wildman–Crippen MR) is 66.8 cm³/mol. The molecule has 0 spiro atoms. The number of carbonyl (C=O) groups is 1. The maximum absolute atomic E-state index is 10.8. The fraction of sp³-hybridized carbons (Fsp3) is 0.167. The number of hydrogen-bond acceptors (Lipinski definition) is 4. The van der Waals surface area contributed by atoms with Crippen molar-refractivity contribution in [1.82, 2.24) is 4.98 Å². The summed E-state index contributed by atoms with van der Waals surface area (Å²) in [6, 6.07) is 7.41. The van der Waals surface area contributed by atoms with E-state index in [0.717, 1.165) is 10.9 Å². The van der Waals surface area contributed by atoms with E-state index in [2.05, 4.69) is 20.9 Å². The fourth-order valence-corrected chi connectivity index (χ4v) is 1.82. The minimum absolute atomic E-state index is 0.0622. The molecule has 0 amide bonds. The van der Waals surface area contributed by atoms with Crippen LogP contribution in [0.5, 0.6) is 5.75 Å². The molecule has 0 atom stereocenters. The van der Waals surface area contributed by atoms with Crippen molar-refractivity contribution in [2.24, 2.45) is 0 Å². The van der Waals surface area contributed by atoms with Crippen LogP contribution in [0.3, 0.4) is 0 Å². The molecule has 5 nitrogen and oxygen atoms in total. The van der Waals surface area contributed by atoms with E-state index in [1.165, 1.54) is 0 Å². The molecule has 0 radical (unpaired) electrons. The number of halogens is 1. The van der Waals surface area contributed by atoms with Gasteiger partial charge in [0.05, 0.1) is 6.61 Å². The molecule has 0 aliphatic carbocycles. The van der Waals surface area contributed by atoms with E-state index < -0.39 is 5.97 Å². The normalized spacial score (nSPS) is 10.3. The summed E-state index contributed by atoms with van der Waals surface area (Å²) in [7, 11) is 0. The molecule has 1 heterocycles. The molecule has 1 N–H and O–H groups in total. The lowest BCUT2D eigenvalue weighted by Gasteiger charge is -2.05. The van der Waals surface area contributed by atoms with E-state index >= 15 is 0 Å². The first-order valence-corrected chi connectivity index (χ1v) is 6.00. The van der Waals surface area contributed by atoms with Crippen molar-refractivity contribution in [3.63, 3.8) is 0 Å². The summed E-state index contributed by atoms with van der Waals surface area (Å²) in [5.74, 6) is -0.0699. The molecule has 2 rings (SSSR count). The van der Waals surface area contributed by atoms with E-state index in [4.69, 9.17) is 14.3 Å². The van der Waals surface area contributed by atoms with E-state index in [-0.39, 0.29) is 5.69 Å². The molecule has 0 saturated carbocycles. The fourth-order valence-electron chi connectivity index (χ4n) is 1.44. The van der Waals surface area contributed by atoms with Gasteiger partial charge in [0.15, 0.2) is 12.1 Å². The zero-order valence-electron chi connectivity index (χ0n) is 9.30. The molecule has 94 valence electrons. The van der Waals surface area contributed by atoms with Gasteiger partial charge in [0, 0.05) is 10.9 Å². The number of carboxylic acid groups (broad SMARTS) is 1. The van der Waals surface area contributed by atoms with Crippen molar-refractivity contribution in [1.29, 1.82) is 0 Å². The number of hydrogen-bond donors (Lipinski definition) is 1. The van der Waals surface area contributed by atoms with Gasteiger partial charge in [0.1, 0.15) is 11.5 Å². The molecule has 0 bridgehead atoms. The monoisotopic (exact) mass is 311 g/mol. The smallest absolute Gasteiger partial charge is 0.358 e. The molecule has 18 heavy (non-hydrogen) atoms. The molecular formula is C12H10BrNO4. The third-order valence-corrected chi connectivity index (χ3v) is 2.73. The van der Waals surface area contributed by atoms with Crippen LogP contribution in [0.1, 0.15) is 16.2 Å². The van der Waals surface area contributed by atoms with Gasteiger partial charge in [-0.2, -0.15) is 0 Å². The number of benzene rings is 1. The third kappa shape index (κ3) is 3.10. The molecule has 0 fully saturated rings. The molecule has 0 aliphatic heterocycles. The second kappa shape index (κ2) is 5.68. The highest BCUT2D eigenvalue weighted by molar-refractivity contribution is 9.10. The molecule has 1 aromatic carbocycles. The molecule has 2 aromatic rings. The molecule has 0 saturated heterocycles. The summed E-state index contributed by atoms with van der Waals surface area (Å²) in [6.45, 7) is 0.325. The van der Waals surface area contributed by atoms with Crippen LogP contribution in [0.2, 0.25) is 0 Å². The Labute approximate surface area is 112 Å². The lowest BCUT2D eigenvalue weighted by atomic mass is 10.3. The van der Waals surface area contributed by atoms with Gasteiger partial charge in [-0.3, -0.25) is 0 Å². The van der Waals surface area contributed by atoms with E-state index in [1.54, 1.807) is 0 Å². The molecular weight excluding hydrogens is 302 g/mol. The first kappa shape index (κ1) is 12.6. The van der Waals surface area contributed by atoms with Crippen LogP contribution in [0, 0.1) is 0 Å². The molecule has 6 heteroatoms. The topological polar surface area (TPSA) is 72.6 Å². The Balaban J connectivity index is 1.92. The van der Waals surface area contributed by atoms with Gasteiger partial charge in [-0.15, -0.1) is 0 Å². The predicted octanol–water partition coefficient (Wildman–Crippen LogP) is 2.76. The van der Waals surface area contributed by atoms with Crippen molar-refractivity contribution >= 4 is 21.9 Å². The summed E-state index contributed by atoms with van der Waals surface area (Å²) in [6.07, 6.45) is 1.48. The summed E-state index contributed by atoms with van der Waals surface area (Å²) in [5, 5.41) is 8.84. The second-order valence-electron chi connectivity index (χ2n) is 3.49. The van der Waals surface area contributed by atoms with Gasteiger partial charge in [-0.1, -0.05) is 22.0 Å². The van der Waals surface area contributed by atoms with Crippen LogP contribution >= 0.6 is 15.9 Å². The summed E-state index contributed by atoms with van der Waals surface area (Å²) in [4.78, 5) is 14.4. The maximum atomic E-state index is 10.8. The highest BCUT2D eigenvalue weighted by atomic mass is 79.9. The number of nitrogens with zero attached hydrogens (tertiary/aromatic N) is 1. The summed E-state index contributed by atoms with van der Waals surface area (Å²) >= 11 is 3.34. The molecule has 1 aromatic heterocycles. The van der Waals surface area contributed by atoms with Crippen molar-refractivity contribution in [3.8, 4) is 5.75 Å². The number of oxazole rings is 1. The van der Waals surface area contributed by atoms with E-state index in [9.17, 15) is 4.79 Å². The van der Waals surface area contributed by atoms with Crippen molar-refractivity contribution < 1.29 is 19.1 Å².